The lowest BCUT2D eigenvalue weighted by atomic mass is 10.1. The van der Waals surface area contributed by atoms with Crippen LogP contribution in [-0.2, 0) is 6.18 Å². The summed E-state index contributed by atoms with van der Waals surface area (Å²) in [5.41, 5.74) is 5.22. The summed E-state index contributed by atoms with van der Waals surface area (Å²) in [6.07, 6.45) is -4.37. The molecule has 0 fully saturated rings. The zero-order valence-corrected chi connectivity index (χ0v) is 9.01. The number of aromatic nitrogens is 1. The molecule has 1 aromatic carbocycles. The second kappa shape index (κ2) is 3.96. The Morgan fingerprint density at radius 3 is 2.18 bits per heavy atom. The zero-order valence-electron chi connectivity index (χ0n) is 8.25. The van der Waals surface area contributed by atoms with E-state index in [0.29, 0.717) is 5.56 Å². The number of alkyl halides is 3. The van der Waals surface area contributed by atoms with Crippen LogP contribution < -0.4 is 5.73 Å². The molecular weight excluding hydrogens is 257 g/mol. The molecule has 3 nitrogen and oxygen atoms in total. The van der Waals surface area contributed by atoms with E-state index in [1.165, 1.54) is 12.1 Å². The number of nitrogens with two attached hydrogens (primary N) is 1. The number of nitrogen functional groups attached to an aromatic ring is 1. The molecule has 2 N–H and O–H groups in total. The first-order valence-electron chi connectivity index (χ1n) is 4.48. The van der Waals surface area contributed by atoms with Crippen molar-refractivity contribution in [3.8, 4) is 11.3 Å². The summed E-state index contributed by atoms with van der Waals surface area (Å²) in [5, 5.41) is 3.65. The van der Waals surface area contributed by atoms with E-state index in [0.717, 1.165) is 12.1 Å². The van der Waals surface area contributed by atoms with Crippen molar-refractivity contribution < 1.29 is 17.7 Å². The molecule has 0 aliphatic carbocycles. The third kappa shape index (κ3) is 2.21. The Morgan fingerprint density at radius 2 is 1.76 bits per heavy atom. The number of benzene rings is 1. The molecule has 1 aromatic heterocycles. The summed E-state index contributed by atoms with van der Waals surface area (Å²) in [6.45, 7) is 0. The summed E-state index contributed by atoms with van der Waals surface area (Å²) < 4.78 is 41.6. The molecule has 0 radical (unpaired) electrons. The Labute approximate surface area is 99.0 Å². The van der Waals surface area contributed by atoms with E-state index in [9.17, 15) is 13.2 Å². The van der Waals surface area contributed by atoms with Crippen molar-refractivity contribution in [1.82, 2.24) is 5.16 Å². The van der Waals surface area contributed by atoms with Gasteiger partial charge in [-0.2, -0.15) is 13.2 Å². The second-order valence-electron chi connectivity index (χ2n) is 3.28. The molecule has 0 aliphatic rings. The lowest BCUT2D eigenvalue weighted by Crippen LogP contribution is -2.04. The molecular formula is C10H6ClF3N2O. The summed E-state index contributed by atoms with van der Waals surface area (Å²) in [6, 6.07) is 4.39. The molecule has 0 amide bonds. The third-order valence-electron chi connectivity index (χ3n) is 2.15. The SMILES string of the molecule is Nc1onc(-c2ccc(C(F)(F)F)cc2)c1Cl. The minimum absolute atomic E-state index is 0.0680. The van der Waals surface area contributed by atoms with E-state index in [-0.39, 0.29) is 16.6 Å². The van der Waals surface area contributed by atoms with Gasteiger partial charge in [-0.3, -0.25) is 0 Å². The molecule has 17 heavy (non-hydrogen) atoms. The van der Waals surface area contributed by atoms with Crippen molar-refractivity contribution in [2.75, 3.05) is 5.73 Å². The average Bonchev–Trinajstić information content (AvgIpc) is 2.59. The van der Waals surface area contributed by atoms with Gasteiger partial charge in [0, 0.05) is 5.56 Å². The highest BCUT2D eigenvalue weighted by Gasteiger charge is 2.30. The van der Waals surface area contributed by atoms with Crippen LogP contribution in [0.1, 0.15) is 5.56 Å². The molecule has 0 unspecified atom stereocenters. The van der Waals surface area contributed by atoms with Crippen LogP contribution in [0.5, 0.6) is 0 Å². The molecule has 0 spiro atoms. The highest BCUT2D eigenvalue weighted by molar-refractivity contribution is 6.35. The quantitative estimate of drug-likeness (QED) is 0.854. The van der Waals surface area contributed by atoms with Crippen LogP contribution >= 0.6 is 11.6 Å². The van der Waals surface area contributed by atoms with Crippen molar-refractivity contribution in [1.29, 1.82) is 0 Å². The second-order valence-corrected chi connectivity index (χ2v) is 3.66. The first kappa shape index (κ1) is 11.8. The maximum Gasteiger partial charge on any atom is 0.416 e. The Kier molecular flexibility index (Phi) is 2.74. The van der Waals surface area contributed by atoms with E-state index in [1.807, 2.05) is 0 Å². The normalized spacial score (nSPS) is 11.8. The molecule has 0 aliphatic heterocycles. The monoisotopic (exact) mass is 262 g/mol. The first-order chi connectivity index (χ1) is 7.89. The summed E-state index contributed by atoms with van der Waals surface area (Å²) in [4.78, 5) is 0. The highest BCUT2D eigenvalue weighted by Crippen LogP contribution is 2.34. The predicted octanol–water partition coefficient (Wildman–Crippen LogP) is 3.60. The zero-order chi connectivity index (χ0) is 12.6. The van der Waals surface area contributed by atoms with E-state index in [4.69, 9.17) is 17.3 Å². The van der Waals surface area contributed by atoms with Gasteiger partial charge < -0.3 is 10.3 Å². The van der Waals surface area contributed by atoms with Crippen molar-refractivity contribution in [2.45, 2.75) is 6.18 Å². The molecule has 0 saturated carbocycles. The molecule has 1 heterocycles. The van der Waals surface area contributed by atoms with Gasteiger partial charge in [-0.25, -0.2) is 0 Å². The lowest BCUT2D eigenvalue weighted by Gasteiger charge is -2.06. The highest BCUT2D eigenvalue weighted by atomic mass is 35.5. The average molecular weight is 263 g/mol. The number of nitrogens with zero attached hydrogens (tertiary/aromatic N) is 1. The van der Waals surface area contributed by atoms with Gasteiger partial charge in [0.05, 0.1) is 5.56 Å². The summed E-state index contributed by atoms with van der Waals surface area (Å²) >= 11 is 5.77. The van der Waals surface area contributed by atoms with Gasteiger partial charge in [-0.1, -0.05) is 28.9 Å². The standard InChI is InChI=1S/C10H6ClF3N2O/c11-7-8(16-17-9(7)15)5-1-3-6(4-2-5)10(12,13)14/h1-4H,15H2. The number of halogens is 4. The predicted molar refractivity (Wildman–Crippen MR) is 56.4 cm³/mol. The van der Waals surface area contributed by atoms with Gasteiger partial charge in [0.2, 0.25) is 5.88 Å². The fourth-order valence-corrected chi connectivity index (χ4v) is 1.47. The van der Waals surface area contributed by atoms with Gasteiger partial charge in [-0.15, -0.1) is 0 Å². The Bertz CT molecular complexity index is 533. The molecule has 2 aromatic rings. The number of rotatable bonds is 1. The van der Waals surface area contributed by atoms with Gasteiger partial charge in [0.15, 0.2) is 0 Å². The van der Waals surface area contributed by atoms with Crippen molar-refractivity contribution in [3.63, 3.8) is 0 Å². The van der Waals surface area contributed by atoms with Gasteiger partial charge >= 0.3 is 6.18 Å². The maximum absolute atomic E-state index is 12.3. The fraction of sp³-hybridized carbons (Fsp3) is 0.100. The Balaban J connectivity index is 2.40. The summed E-state index contributed by atoms with van der Waals surface area (Å²) in [7, 11) is 0. The first-order valence-corrected chi connectivity index (χ1v) is 4.85. The minimum atomic E-state index is -4.37. The molecule has 2 rings (SSSR count). The minimum Gasteiger partial charge on any atom is -0.366 e. The molecule has 0 saturated heterocycles. The van der Waals surface area contributed by atoms with E-state index >= 15 is 0 Å². The number of hydrogen-bond acceptors (Lipinski definition) is 3. The van der Waals surface area contributed by atoms with Crippen LogP contribution in [-0.4, -0.2) is 5.16 Å². The largest absolute Gasteiger partial charge is 0.416 e. The maximum atomic E-state index is 12.3. The van der Waals surface area contributed by atoms with Crippen molar-refractivity contribution >= 4 is 17.5 Å². The molecule has 90 valence electrons. The van der Waals surface area contributed by atoms with E-state index in [2.05, 4.69) is 9.68 Å². The molecule has 7 heteroatoms. The third-order valence-corrected chi connectivity index (χ3v) is 2.51. The van der Waals surface area contributed by atoms with Gasteiger partial charge in [0.1, 0.15) is 10.7 Å². The number of hydrogen-bond donors (Lipinski definition) is 1. The Morgan fingerprint density at radius 1 is 1.18 bits per heavy atom. The number of anilines is 1. The van der Waals surface area contributed by atoms with Crippen LogP contribution in [0.15, 0.2) is 28.8 Å². The fourth-order valence-electron chi connectivity index (χ4n) is 1.29. The van der Waals surface area contributed by atoms with Gasteiger partial charge in [-0.05, 0) is 12.1 Å². The summed E-state index contributed by atoms with van der Waals surface area (Å²) in [5.74, 6) is -0.0680. The molecule has 0 bridgehead atoms. The Hall–Kier alpha value is -1.69. The van der Waals surface area contributed by atoms with Crippen molar-refractivity contribution in [3.05, 3.63) is 34.9 Å². The van der Waals surface area contributed by atoms with Crippen LogP contribution in [0.4, 0.5) is 19.1 Å². The lowest BCUT2D eigenvalue weighted by molar-refractivity contribution is -0.137. The smallest absolute Gasteiger partial charge is 0.366 e. The van der Waals surface area contributed by atoms with Crippen LogP contribution in [0.2, 0.25) is 5.02 Å². The van der Waals surface area contributed by atoms with E-state index < -0.39 is 11.7 Å². The van der Waals surface area contributed by atoms with Gasteiger partial charge in [0.25, 0.3) is 0 Å². The molecule has 0 atom stereocenters. The topological polar surface area (TPSA) is 52.0 Å². The van der Waals surface area contributed by atoms with Crippen LogP contribution in [0, 0.1) is 0 Å². The van der Waals surface area contributed by atoms with E-state index in [1.54, 1.807) is 0 Å². The van der Waals surface area contributed by atoms with Crippen molar-refractivity contribution in [2.24, 2.45) is 0 Å². The van der Waals surface area contributed by atoms with Crippen LogP contribution in [0.25, 0.3) is 11.3 Å². The van der Waals surface area contributed by atoms with Crippen LogP contribution in [0.3, 0.4) is 0 Å².